The Kier molecular flexibility index (Phi) is 5.32. The van der Waals surface area contributed by atoms with Crippen LogP contribution in [0.15, 0.2) is 18.2 Å². The fraction of sp³-hybridized carbons (Fsp3) is 0.400. The molecule has 3 N–H and O–H groups in total. The monoisotopic (exact) mass is 320 g/mol. The first-order chi connectivity index (χ1) is 10.4. The van der Waals surface area contributed by atoms with Crippen molar-refractivity contribution in [3.63, 3.8) is 0 Å². The van der Waals surface area contributed by atoms with Gasteiger partial charge >= 0.3 is 6.03 Å². The van der Waals surface area contributed by atoms with E-state index in [1.165, 1.54) is 18.3 Å². The SMILES string of the molecule is CC(=O)Nc1nc2ccc(NC(=O)NCCC(C)C)cc2s1. The molecule has 1 aromatic heterocycles. The van der Waals surface area contributed by atoms with Crippen LogP contribution in [0.25, 0.3) is 10.2 Å². The average molecular weight is 320 g/mol. The molecule has 0 saturated carbocycles. The molecular weight excluding hydrogens is 300 g/mol. The minimum absolute atomic E-state index is 0.151. The number of amides is 3. The van der Waals surface area contributed by atoms with E-state index in [4.69, 9.17) is 0 Å². The summed E-state index contributed by atoms with van der Waals surface area (Å²) in [6.45, 7) is 6.33. The van der Waals surface area contributed by atoms with Crippen LogP contribution in [0.2, 0.25) is 0 Å². The van der Waals surface area contributed by atoms with E-state index in [1.807, 2.05) is 12.1 Å². The second-order valence-electron chi connectivity index (χ2n) is 5.45. The second kappa shape index (κ2) is 7.22. The molecule has 0 bridgehead atoms. The predicted molar refractivity (Wildman–Crippen MR) is 90.4 cm³/mol. The average Bonchev–Trinajstić information content (AvgIpc) is 2.78. The van der Waals surface area contributed by atoms with Gasteiger partial charge in [-0.3, -0.25) is 4.79 Å². The van der Waals surface area contributed by atoms with Gasteiger partial charge in [-0.05, 0) is 30.5 Å². The molecule has 1 heterocycles. The van der Waals surface area contributed by atoms with Crippen molar-refractivity contribution in [2.75, 3.05) is 17.2 Å². The minimum Gasteiger partial charge on any atom is -0.338 e. The maximum Gasteiger partial charge on any atom is 0.319 e. The van der Waals surface area contributed by atoms with Crippen molar-refractivity contribution < 1.29 is 9.59 Å². The van der Waals surface area contributed by atoms with Crippen molar-refractivity contribution in [3.8, 4) is 0 Å². The van der Waals surface area contributed by atoms with Gasteiger partial charge < -0.3 is 16.0 Å². The third-order valence-corrected chi connectivity index (χ3v) is 3.87. The maximum absolute atomic E-state index is 11.8. The zero-order valence-electron chi connectivity index (χ0n) is 12.9. The Morgan fingerprint density at radius 1 is 1.27 bits per heavy atom. The van der Waals surface area contributed by atoms with E-state index in [2.05, 4.69) is 34.8 Å². The van der Waals surface area contributed by atoms with Gasteiger partial charge in [0.05, 0.1) is 10.2 Å². The highest BCUT2D eigenvalue weighted by Gasteiger charge is 2.07. The summed E-state index contributed by atoms with van der Waals surface area (Å²) in [5.41, 5.74) is 1.49. The fourth-order valence-electron chi connectivity index (χ4n) is 1.86. The largest absolute Gasteiger partial charge is 0.338 e. The molecule has 2 aromatic rings. The normalized spacial score (nSPS) is 10.7. The van der Waals surface area contributed by atoms with Gasteiger partial charge in [-0.25, -0.2) is 9.78 Å². The molecule has 7 heteroatoms. The number of benzene rings is 1. The molecule has 0 atom stereocenters. The zero-order valence-corrected chi connectivity index (χ0v) is 13.7. The summed E-state index contributed by atoms with van der Waals surface area (Å²) >= 11 is 1.37. The zero-order chi connectivity index (χ0) is 16.1. The first-order valence-corrected chi connectivity index (χ1v) is 7.98. The Hall–Kier alpha value is -2.15. The molecule has 118 valence electrons. The maximum atomic E-state index is 11.8. The number of nitrogens with one attached hydrogen (secondary N) is 3. The standard InChI is InChI=1S/C15H20N4O2S/c1-9(2)6-7-16-14(21)18-11-4-5-12-13(8-11)22-15(19-12)17-10(3)20/h4-5,8-9H,6-7H2,1-3H3,(H2,16,18,21)(H,17,19,20). The lowest BCUT2D eigenvalue weighted by Crippen LogP contribution is -2.30. The number of carbonyl (C=O) groups excluding carboxylic acids is 2. The van der Waals surface area contributed by atoms with E-state index in [1.54, 1.807) is 6.07 Å². The van der Waals surface area contributed by atoms with Gasteiger partial charge in [-0.2, -0.15) is 0 Å². The molecular formula is C15H20N4O2S. The molecule has 0 saturated heterocycles. The van der Waals surface area contributed by atoms with Crippen LogP contribution < -0.4 is 16.0 Å². The molecule has 3 amide bonds. The lowest BCUT2D eigenvalue weighted by molar-refractivity contribution is -0.114. The highest BCUT2D eigenvalue weighted by atomic mass is 32.1. The smallest absolute Gasteiger partial charge is 0.319 e. The highest BCUT2D eigenvalue weighted by molar-refractivity contribution is 7.22. The lowest BCUT2D eigenvalue weighted by Gasteiger charge is -2.08. The first kappa shape index (κ1) is 16.2. The van der Waals surface area contributed by atoms with Crippen molar-refractivity contribution in [1.29, 1.82) is 0 Å². The summed E-state index contributed by atoms with van der Waals surface area (Å²) in [6, 6.07) is 5.25. The Morgan fingerprint density at radius 2 is 2.05 bits per heavy atom. The van der Waals surface area contributed by atoms with Crippen LogP contribution in [-0.4, -0.2) is 23.5 Å². The molecule has 0 radical (unpaired) electrons. The van der Waals surface area contributed by atoms with Crippen LogP contribution in [0.3, 0.4) is 0 Å². The van der Waals surface area contributed by atoms with Crippen molar-refractivity contribution in [3.05, 3.63) is 18.2 Å². The molecule has 1 aromatic carbocycles. The van der Waals surface area contributed by atoms with Crippen molar-refractivity contribution in [2.24, 2.45) is 5.92 Å². The number of hydrogen-bond donors (Lipinski definition) is 3. The highest BCUT2D eigenvalue weighted by Crippen LogP contribution is 2.28. The Bertz CT molecular complexity index is 681. The number of hydrogen-bond acceptors (Lipinski definition) is 4. The van der Waals surface area contributed by atoms with Gasteiger partial charge in [0.25, 0.3) is 0 Å². The lowest BCUT2D eigenvalue weighted by atomic mass is 10.1. The van der Waals surface area contributed by atoms with E-state index < -0.39 is 0 Å². The molecule has 0 aliphatic rings. The molecule has 22 heavy (non-hydrogen) atoms. The van der Waals surface area contributed by atoms with Crippen LogP contribution in [0.1, 0.15) is 27.2 Å². The van der Waals surface area contributed by atoms with Crippen LogP contribution in [0, 0.1) is 5.92 Å². The fourth-order valence-corrected chi connectivity index (χ4v) is 2.81. The van der Waals surface area contributed by atoms with Crippen LogP contribution >= 0.6 is 11.3 Å². The third kappa shape index (κ3) is 4.70. The Morgan fingerprint density at radius 3 is 2.73 bits per heavy atom. The summed E-state index contributed by atoms with van der Waals surface area (Å²) in [5.74, 6) is 0.406. The number of urea groups is 1. The number of aromatic nitrogens is 1. The summed E-state index contributed by atoms with van der Waals surface area (Å²) < 4.78 is 0.906. The number of nitrogens with zero attached hydrogens (tertiary/aromatic N) is 1. The summed E-state index contributed by atoms with van der Waals surface area (Å²) in [5, 5.41) is 8.84. The van der Waals surface area contributed by atoms with E-state index in [0.29, 0.717) is 23.3 Å². The van der Waals surface area contributed by atoms with Gasteiger partial charge in [-0.1, -0.05) is 25.2 Å². The molecule has 6 nitrogen and oxygen atoms in total. The van der Waals surface area contributed by atoms with Gasteiger partial charge in [-0.15, -0.1) is 0 Å². The van der Waals surface area contributed by atoms with Gasteiger partial charge in [0.15, 0.2) is 5.13 Å². The van der Waals surface area contributed by atoms with Crippen molar-refractivity contribution in [2.45, 2.75) is 27.2 Å². The molecule has 2 rings (SSSR count). The predicted octanol–water partition coefficient (Wildman–Crippen LogP) is 3.42. The van der Waals surface area contributed by atoms with Crippen LogP contribution in [0.5, 0.6) is 0 Å². The number of thiazole rings is 1. The number of rotatable bonds is 5. The van der Waals surface area contributed by atoms with Crippen LogP contribution in [-0.2, 0) is 4.79 Å². The summed E-state index contributed by atoms with van der Waals surface area (Å²) in [7, 11) is 0. The quantitative estimate of drug-likeness (QED) is 0.789. The summed E-state index contributed by atoms with van der Waals surface area (Å²) in [6.07, 6.45) is 0.946. The van der Waals surface area contributed by atoms with Gasteiger partial charge in [0.1, 0.15) is 0 Å². The number of fused-ring (bicyclic) bond motifs is 1. The van der Waals surface area contributed by atoms with Gasteiger partial charge in [0.2, 0.25) is 5.91 Å². The Labute approximate surface area is 133 Å². The van der Waals surface area contributed by atoms with Crippen molar-refractivity contribution >= 4 is 44.3 Å². The van der Waals surface area contributed by atoms with E-state index in [-0.39, 0.29) is 11.9 Å². The molecule has 0 spiro atoms. The molecule has 0 unspecified atom stereocenters. The molecule has 0 aliphatic heterocycles. The summed E-state index contributed by atoms with van der Waals surface area (Å²) in [4.78, 5) is 27.1. The third-order valence-electron chi connectivity index (χ3n) is 2.94. The molecule has 0 aliphatic carbocycles. The molecule has 0 fully saturated rings. The van der Waals surface area contributed by atoms with Crippen LogP contribution in [0.4, 0.5) is 15.6 Å². The topological polar surface area (TPSA) is 83.1 Å². The number of anilines is 2. The first-order valence-electron chi connectivity index (χ1n) is 7.17. The Balaban J connectivity index is 1.99. The number of carbonyl (C=O) groups is 2. The van der Waals surface area contributed by atoms with E-state index in [0.717, 1.165) is 16.6 Å². The van der Waals surface area contributed by atoms with E-state index >= 15 is 0 Å². The minimum atomic E-state index is -0.216. The van der Waals surface area contributed by atoms with Crippen molar-refractivity contribution in [1.82, 2.24) is 10.3 Å². The second-order valence-corrected chi connectivity index (χ2v) is 6.48. The van der Waals surface area contributed by atoms with E-state index in [9.17, 15) is 9.59 Å². The van der Waals surface area contributed by atoms with Gasteiger partial charge in [0, 0.05) is 19.2 Å².